The van der Waals surface area contributed by atoms with Crippen molar-refractivity contribution in [3.63, 3.8) is 0 Å². The molecule has 0 aliphatic rings. The van der Waals surface area contributed by atoms with Gasteiger partial charge in [0.05, 0.1) is 17.4 Å². The summed E-state index contributed by atoms with van der Waals surface area (Å²) >= 11 is 0. The number of pyridine rings is 1. The molecule has 0 saturated heterocycles. The minimum absolute atomic E-state index is 0.441. The summed E-state index contributed by atoms with van der Waals surface area (Å²) in [5.41, 5.74) is 8.68. The largest absolute Gasteiger partial charge is 0.396 e. The van der Waals surface area contributed by atoms with E-state index in [0.717, 1.165) is 0 Å². The van der Waals surface area contributed by atoms with E-state index in [1.807, 2.05) is 0 Å². The molecule has 0 fully saturated rings. The van der Waals surface area contributed by atoms with Gasteiger partial charge in [0.1, 0.15) is 5.82 Å². The van der Waals surface area contributed by atoms with Crippen LogP contribution in [0, 0.1) is 5.82 Å². The fraction of sp³-hybridized carbons (Fsp3) is 0.167. The highest BCUT2D eigenvalue weighted by Crippen LogP contribution is 2.30. The molecular formula is C6H6F3N3. The first-order valence-corrected chi connectivity index (χ1v) is 3.01. The number of hydrogen-bond donors (Lipinski definition) is 2. The van der Waals surface area contributed by atoms with E-state index in [9.17, 15) is 13.2 Å². The number of alkyl halides is 2. The quantitative estimate of drug-likeness (QED) is 0.679. The minimum Gasteiger partial charge on any atom is -0.396 e. The van der Waals surface area contributed by atoms with Gasteiger partial charge in [-0.15, -0.1) is 0 Å². The number of nitrogens with zero attached hydrogens (tertiary/aromatic N) is 1. The van der Waals surface area contributed by atoms with Crippen LogP contribution >= 0.6 is 0 Å². The summed E-state index contributed by atoms with van der Waals surface area (Å²) in [6.45, 7) is 0. The van der Waals surface area contributed by atoms with Gasteiger partial charge in [0, 0.05) is 0 Å². The van der Waals surface area contributed by atoms with Crippen molar-refractivity contribution in [1.29, 1.82) is 0 Å². The Labute approximate surface area is 66.2 Å². The Kier molecular flexibility index (Phi) is 2.07. The fourth-order valence-electron chi connectivity index (χ4n) is 0.761. The number of halogens is 3. The van der Waals surface area contributed by atoms with Crippen molar-refractivity contribution in [1.82, 2.24) is 4.98 Å². The van der Waals surface area contributed by atoms with E-state index in [2.05, 4.69) is 4.98 Å². The SMILES string of the molecule is Nc1ncc(F)c(N)c1C(F)F. The Morgan fingerprint density at radius 3 is 2.33 bits per heavy atom. The zero-order chi connectivity index (χ0) is 9.30. The number of hydrogen-bond acceptors (Lipinski definition) is 3. The number of nitrogen functional groups attached to an aromatic ring is 2. The Balaban J connectivity index is 3.33. The second-order valence-corrected chi connectivity index (χ2v) is 2.12. The lowest BCUT2D eigenvalue weighted by Crippen LogP contribution is -2.05. The third-order valence-corrected chi connectivity index (χ3v) is 1.36. The highest BCUT2D eigenvalue weighted by Gasteiger charge is 2.18. The molecule has 0 radical (unpaired) electrons. The number of rotatable bonds is 1. The Bertz CT molecular complexity index is 300. The summed E-state index contributed by atoms with van der Waals surface area (Å²) in [6, 6.07) is 0. The second kappa shape index (κ2) is 2.88. The van der Waals surface area contributed by atoms with Crippen LogP contribution in [0.1, 0.15) is 12.0 Å². The maximum absolute atomic E-state index is 12.5. The summed E-state index contributed by atoms with van der Waals surface area (Å²) in [5.74, 6) is -1.43. The molecule has 0 aliphatic heterocycles. The van der Waals surface area contributed by atoms with Crippen molar-refractivity contribution in [3.8, 4) is 0 Å². The van der Waals surface area contributed by atoms with Crippen molar-refractivity contribution in [2.75, 3.05) is 11.5 Å². The lowest BCUT2D eigenvalue weighted by molar-refractivity contribution is 0.152. The smallest absolute Gasteiger partial charge is 0.269 e. The van der Waals surface area contributed by atoms with E-state index in [-0.39, 0.29) is 0 Å². The van der Waals surface area contributed by atoms with Gasteiger partial charge in [-0.25, -0.2) is 18.2 Å². The summed E-state index contributed by atoms with van der Waals surface area (Å²) in [6.07, 6.45) is -2.20. The predicted octanol–water partition coefficient (Wildman–Crippen LogP) is 1.32. The van der Waals surface area contributed by atoms with Crippen LogP contribution in [0.15, 0.2) is 6.20 Å². The summed E-state index contributed by atoms with van der Waals surface area (Å²) in [7, 11) is 0. The monoisotopic (exact) mass is 177 g/mol. The Morgan fingerprint density at radius 2 is 1.92 bits per heavy atom. The first-order valence-electron chi connectivity index (χ1n) is 3.01. The molecule has 12 heavy (non-hydrogen) atoms. The molecule has 66 valence electrons. The molecule has 0 spiro atoms. The Hall–Kier alpha value is -1.46. The average Bonchev–Trinajstić information content (AvgIpc) is 1.97. The average molecular weight is 177 g/mol. The molecule has 1 aromatic rings. The van der Waals surface area contributed by atoms with Gasteiger partial charge in [-0.3, -0.25) is 0 Å². The van der Waals surface area contributed by atoms with Crippen LogP contribution in [0.25, 0.3) is 0 Å². The molecule has 3 nitrogen and oxygen atoms in total. The van der Waals surface area contributed by atoms with Gasteiger partial charge < -0.3 is 11.5 Å². The molecule has 0 aromatic carbocycles. The lowest BCUT2D eigenvalue weighted by atomic mass is 10.2. The van der Waals surface area contributed by atoms with Gasteiger partial charge in [0.15, 0.2) is 5.82 Å². The standard InChI is InChI=1S/C6H6F3N3/c7-2-1-12-6(11)3(4(2)10)5(8)9/h1,5H,(H4,10,11,12). The van der Waals surface area contributed by atoms with Gasteiger partial charge in [0.25, 0.3) is 6.43 Å². The van der Waals surface area contributed by atoms with Crippen LogP contribution in [0.2, 0.25) is 0 Å². The first kappa shape index (κ1) is 8.63. The predicted molar refractivity (Wildman–Crippen MR) is 38.0 cm³/mol. The third-order valence-electron chi connectivity index (χ3n) is 1.36. The van der Waals surface area contributed by atoms with E-state index < -0.39 is 29.3 Å². The van der Waals surface area contributed by atoms with E-state index in [4.69, 9.17) is 11.5 Å². The van der Waals surface area contributed by atoms with Crippen molar-refractivity contribution < 1.29 is 13.2 Å². The van der Waals surface area contributed by atoms with Crippen molar-refractivity contribution in [3.05, 3.63) is 17.6 Å². The minimum atomic E-state index is -2.91. The highest BCUT2D eigenvalue weighted by molar-refractivity contribution is 5.58. The van der Waals surface area contributed by atoms with Crippen LogP contribution in [-0.2, 0) is 0 Å². The van der Waals surface area contributed by atoms with E-state index >= 15 is 0 Å². The zero-order valence-corrected chi connectivity index (χ0v) is 5.89. The normalized spacial score (nSPS) is 10.7. The van der Waals surface area contributed by atoms with Crippen LogP contribution in [0.4, 0.5) is 24.7 Å². The molecule has 1 aromatic heterocycles. The third kappa shape index (κ3) is 1.27. The van der Waals surface area contributed by atoms with Gasteiger partial charge in [0.2, 0.25) is 0 Å². The van der Waals surface area contributed by atoms with Crippen LogP contribution in [0.5, 0.6) is 0 Å². The van der Waals surface area contributed by atoms with Crippen LogP contribution < -0.4 is 11.5 Å². The lowest BCUT2D eigenvalue weighted by Gasteiger charge is -2.06. The summed E-state index contributed by atoms with van der Waals surface area (Å²) < 4.78 is 36.7. The molecule has 0 amide bonds. The molecule has 1 rings (SSSR count). The van der Waals surface area contributed by atoms with Gasteiger partial charge in [-0.05, 0) is 0 Å². The molecule has 0 aliphatic carbocycles. The van der Waals surface area contributed by atoms with Crippen molar-refractivity contribution >= 4 is 11.5 Å². The topological polar surface area (TPSA) is 64.9 Å². The highest BCUT2D eigenvalue weighted by atomic mass is 19.3. The van der Waals surface area contributed by atoms with E-state index in [1.165, 1.54) is 0 Å². The van der Waals surface area contributed by atoms with Crippen molar-refractivity contribution in [2.24, 2.45) is 0 Å². The second-order valence-electron chi connectivity index (χ2n) is 2.12. The molecule has 0 bridgehead atoms. The zero-order valence-electron chi connectivity index (χ0n) is 5.89. The van der Waals surface area contributed by atoms with Gasteiger partial charge >= 0.3 is 0 Å². The fourth-order valence-corrected chi connectivity index (χ4v) is 0.761. The molecule has 0 atom stereocenters. The number of nitrogens with two attached hydrogens (primary N) is 2. The number of anilines is 2. The summed E-state index contributed by atoms with van der Waals surface area (Å²) in [4.78, 5) is 3.20. The van der Waals surface area contributed by atoms with Crippen LogP contribution in [0.3, 0.4) is 0 Å². The molecule has 0 unspecified atom stereocenters. The van der Waals surface area contributed by atoms with Gasteiger partial charge in [-0.2, -0.15) is 0 Å². The van der Waals surface area contributed by atoms with E-state index in [1.54, 1.807) is 0 Å². The van der Waals surface area contributed by atoms with E-state index in [0.29, 0.717) is 6.20 Å². The maximum Gasteiger partial charge on any atom is 0.269 e. The molecular weight excluding hydrogens is 171 g/mol. The molecule has 6 heteroatoms. The maximum atomic E-state index is 12.5. The van der Waals surface area contributed by atoms with Crippen molar-refractivity contribution in [2.45, 2.75) is 6.43 Å². The van der Waals surface area contributed by atoms with Crippen LogP contribution in [-0.4, -0.2) is 4.98 Å². The number of aromatic nitrogens is 1. The van der Waals surface area contributed by atoms with Gasteiger partial charge in [-0.1, -0.05) is 0 Å². The molecule has 0 saturated carbocycles. The first-order chi connectivity index (χ1) is 5.54. The molecule has 4 N–H and O–H groups in total. The molecule has 1 heterocycles. The summed E-state index contributed by atoms with van der Waals surface area (Å²) in [5, 5.41) is 0. The Morgan fingerprint density at radius 1 is 1.33 bits per heavy atom.